The molecule has 0 amide bonds. The first-order chi connectivity index (χ1) is 9.01. The quantitative estimate of drug-likeness (QED) is 0.861. The number of hydrogen-bond acceptors (Lipinski definition) is 4. The second-order valence-electron chi connectivity index (χ2n) is 3.65. The van der Waals surface area contributed by atoms with Crippen LogP contribution in [0.1, 0.15) is 0 Å². The molecule has 2 rings (SSSR count). The van der Waals surface area contributed by atoms with Gasteiger partial charge in [0.25, 0.3) is 0 Å². The number of rotatable bonds is 4. The van der Waals surface area contributed by atoms with Crippen LogP contribution >= 0.6 is 27.7 Å². The highest BCUT2D eigenvalue weighted by Gasteiger charge is 2.18. The highest BCUT2D eigenvalue weighted by atomic mass is 79.9. The average molecular weight is 346 g/mol. The van der Waals surface area contributed by atoms with Crippen molar-refractivity contribution in [3.8, 4) is 5.75 Å². The van der Waals surface area contributed by atoms with Crippen molar-refractivity contribution in [1.82, 2.24) is 4.98 Å². The van der Waals surface area contributed by atoms with E-state index in [9.17, 15) is 9.18 Å². The number of pyridine rings is 1. The van der Waals surface area contributed by atoms with E-state index in [1.165, 1.54) is 6.20 Å². The summed E-state index contributed by atoms with van der Waals surface area (Å²) < 4.78 is 19.8. The number of hydrogen-bond donors (Lipinski definition) is 1. The summed E-state index contributed by atoms with van der Waals surface area (Å²) in [4.78, 5) is 14.8. The zero-order valence-corrected chi connectivity index (χ0v) is 12.2. The van der Waals surface area contributed by atoms with E-state index in [1.807, 2.05) is 0 Å². The molecule has 2 aromatic rings. The number of carbonyl (C=O) groups is 1. The zero-order chi connectivity index (χ0) is 14.0. The van der Waals surface area contributed by atoms with Gasteiger partial charge in [0.1, 0.15) is 11.3 Å². The minimum absolute atomic E-state index is 0.159. The molecule has 1 N–H and O–H groups in total. The van der Waals surface area contributed by atoms with Crippen molar-refractivity contribution in [2.45, 2.75) is 5.44 Å². The van der Waals surface area contributed by atoms with E-state index in [0.717, 1.165) is 17.8 Å². The van der Waals surface area contributed by atoms with E-state index < -0.39 is 17.2 Å². The van der Waals surface area contributed by atoms with Crippen LogP contribution in [0.2, 0.25) is 0 Å². The molecule has 0 saturated carbocycles. The Morgan fingerprint density at radius 1 is 1.53 bits per heavy atom. The maximum absolute atomic E-state index is 13.8. The molecule has 1 atom stereocenters. The average Bonchev–Trinajstić information content (AvgIpc) is 2.35. The molecule has 100 valence electrons. The first-order valence-corrected chi connectivity index (χ1v) is 7.26. The molecule has 19 heavy (non-hydrogen) atoms. The van der Waals surface area contributed by atoms with Gasteiger partial charge in [-0.25, -0.2) is 9.18 Å². The van der Waals surface area contributed by atoms with E-state index >= 15 is 0 Å². The summed E-state index contributed by atoms with van der Waals surface area (Å²) in [6.07, 6.45) is 3.10. The van der Waals surface area contributed by atoms with Crippen LogP contribution in [0.15, 0.2) is 28.9 Å². The van der Waals surface area contributed by atoms with Gasteiger partial charge in [0.15, 0.2) is 5.82 Å². The molecule has 1 unspecified atom stereocenters. The first-order valence-electron chi connectivity index (χ1n) is 5.18. The van der Waals surface area contributed by atoms with Gasteiger partial charge in [0.05, 0.1) is 0 Å². The van der Waals surface area contributed by atoms with Crippen molar-refractivity contribution in [3.05, 3.63) is 34.7 Å². The highest BCUT2D eigenvalue weighted by molar-refractivity contribution is 9.10. The number of thioether (sulfide) groups is 1. The number of ether oxygens (including phenoxy) is 1. The molecule has 0 saturated heterocycles. The van der Waals surface area contributed by atoms with Crippen molar-refractivity contribution in [2.75, 3.05) is 6.26 Å². The molecular weight excluding hydrogens is 337 g/mol. The van der Waals surface area contributed by atoms with Gasteiger partial charge in [-0.2, -0.15) is 0 Å². The SMILES string of the molecule is CSC(Oc1cc(F)c2ncc(Br)cc2c1)C(=O)O. The van der Waals surface area contributed by atoms with Crippen LogP contribution in [-0.4, -0.2) is 27.8 Å². The summed E-state index contributed by atoms with van der Waals surface area (Å²) in [5.41, 5.74) is -0.858. The summed E-state index contributed by atoms with van der Waals surface area (Å²) in [7, 11) is 0. The van der Waals surface area contributed by atoms with Crippen molar-refractivity contribution in [3.63, 3.8) is 0 Å². The fourth-order valence-corrected chi connectivity index (χ4v) is 2.30. The van der Waals surface area contributed by atoms with Crippen LogP contribution < -0.4 is 4.74 Å². The number of aromatic nitrogens is 1. The maximum atomic E-state index is 13.8. The zero-order valence-electron chi connectivity index (χ0n) is 9.76. The molecule has 0 aliphatic carbocycles. The fourth-order valence-electron chi connectivity index (χ4n) is 1.54. The van der Waals surface area contributed by atoms with Crippen LogP contribution in [0.5, 0.6) is 5.75 Å². The predicted octanol–water partition coefficient (Wildman–Crippen LogP) is 3.29. The van der Waals surface area contributed by atoms with Gasteiger partial charge < -0.3 is 9.84 Å². The Morgan fingerprint density at radius 2 is 2.26 bits per heavy atom. The van der Waals surface area contributed by atoms with Gasteiger partial charge in [0, 0.05) is 22.1 Å². The van der Waals surface area contributed by atoms with Gasteiger partial charge >= 0.3 is 5.97 Å². The van der Waals surface area contributed by atoms with Crippen LogP contribution in [0.25, 0.3) is 10.9 Å². The molecule has 7 heteroatoms. The second-order valence-corrected chi connectivity index (χ2v) is 5.47. The number of aliphatic carboxylic acids is 1. The Hall–Kier alpha value is -1.34. The van der Waals surface area contributed by atoms with Crippen LogP contribution in [0, 0.1) is 5.82 Å². The molecule has 0 aliphatic heterocycles. The molecule has 1 heterocycles. The molecule has 1 aromatic heterocycles. The van der Waals surface area contributed by atoms with E-state index in [4.69, 9.17) is 9.84 Å². The molecule has 0 spiro atoms. The van der Waals surface area contributed by atoms with Crippen LogP contribution in [0.4, 0.5) is 4.39 Å². The van der Waals surface area contributed by atoms with E-state index in [-0.39, 0.29) is 11.3 Å². The van der Waals surface area contributed by atoms with Crippen molar-refractivity contribution in [1.29, 1.82) is 0 Å². The van der Waals surface area contributed by atoms with Crippen LogP contribution in [-0.2, 0) is 4.79 Å². The number of halogens is 2. The van der Waals surface area contributed by atoms with Gasteiger partial charge in [-0.05, 0) is 34.3 Å². The Balaban J connectivity index is 2.42. The number of carboxylic acid groups (broad SMARTS) is 1. The third-order valence-electron chi connectivity index (χ3n) is 2.34. The first kappa shape index (κ1) is 14.1. The Morgan fingerprint density at radius 3 is 2.89 bits per heavy atom. The van der Waals surface area contributed by atoms with Crippen LogP contribution in [0.3, 0.4) is 0 Å². The summed E-state index contributed by atoms with van der Waals surface area (Å²) in [6.45, 7) is 0. The normalized spacial score (nSPS) is 12.4. The predicted molar refractivity (Wildman–Crippen MR) is 75.0 cm³/mol. The highest BCUT2D eigenvalue weighted by Crippen LogP contribution is 2.27. The van der Waals surface area contributed by atoms with Gasteiger partial charge in [-0.1, -0.05) is 0 Å². The minimum Gasteiger partial charge on any atom is -0.478 e. The second kappa shape index (κ2) is 5.75. The Kier molecular flexibility index (Phi) is 4.26. The van der Waals surface area contributed by atoms with Gasteiger partial charge in [-0.15, -0.1) is 11.8 Å². The lowest BCUT2D eigenvalue weighted by atomic mass is 10.2. The lowest BCUT2D eigenvalue weighted by molar-refractivity contribution is -0.140. The fraction of sp³-hybridized carbons (Fsp3) is 0.167. The van der Waals surface area contributed by atoms with Gasteiger partial charge in [0.2, 0.25) is 5.44 Å². The summed E-state index contributed by atoms with van der Waals surface area (Å²) in [5.74, 6) is -1.50. The number of fused-ring (bicyclic) bond motifs is 1. The monoisotopic (exact) mass is 345 g/mol. The molecule has 0 radical (unpaired) electrons. The lowest BCUT2D eigenvalue weighted by Crippen LogP contribution is -2.22. The van der Waals surface area contributed by atoms with E-state index in [0.29, 0.717) is 9.86 Å². The third-order valence-corrected chi connectivity index (χ3v) is 3.50. The molecule has 1 aromatic carbocycles. The standard InChI is InChI=1S/C12H9BrFNO3S/c1-19-12(11(16)17)18-8-3-6-2-7(13)5-15-10(6)9(14)4-8/h2-5,12H,1H3,(H,16,17). The maximum Gasteiger partial charge on any atom is 0.355 e. The molecule has 0 bridgehead atoms. The Labute approximate surface area is 121 Å². The van der Waals surface area contributed by atoms with Gasteiger partial charge in [-0.3, -0.25) is 4.98 Å². The Bertz CT molecular complexity index is 638. The summed E-state index contributed by atoms with van der Waals surface area (Å²) in [6, 6.07) is 4.38. The van der Waals surface area contributed by atoms with Crippen molar-refractivity contribution < 1.29 is 19.0 Å². The molecule has 0 aliphatic rings. The van der Waals surface area contributed by atoms with E-state index in [2.05, 4.69) is 20.9 Å². The smallest absolute Gasteiger partial charge is 0.355 e. The molecule has 4 nitrogen and oxygen atoms in total. The minimum atomic E-state index is -1.11. The molecular formula is C12H9BrFNO3S. The number of benzene rings is 1. The largest absolute Gasteiger partial charge is 0.478 e. The van der Waals surface area contributed by atoms with E-state index in [1.54, 1.807) is 18.4 Å². The third kappa shape index (κ3) is 3.16. The topological polar surface area (TPSA) is 59.4 Å². The summed E-state index contributed by atoms with van der Waals surface area (Å²) in [5, 5.41) is 9.44. The molecule has 0 fully saturated rings. The summed E-state index contributed by atoms with van der Waals surface area (Å²) >= 11 is 4.26. The number of carboxylic acids is 1. The number of nitrogens with zero attached hydrogens (tertiary/aromatic N) is 1. The lowest BCUT2D eigenvalue weighted by Gasteiger charge is -2.13. The van der Waals surface area contributed by atoms with Crippen molar-refractivity contribution >= 4 is 44.6 Å². The van der Waals surface area contributed by atoms with Crippen molar-refractivity contribution in [2.24, 2.45) is 0 Å².